The zero-order valence-electron chi connectivity index (χ0n) is 16.4. The van der Waals surface area contributed by atoms with E-state index >= 15 is 0 Å². The third-order valence-electron chi connectivity index (χ3n) is 4.91. The summed E-state index contributed by atoms with van der Waals surface area (Å²) in [6.07, 6.45) is 0. The van der Waals surface area contributed by atoms with Gasteiger partial charge in [-0.15, -0.1) is 11.3 Å². The number of aliphatic hydroxyl groups is 1. The summed E-state index contributed by atoms with van der Waals surface area (Å²) in [5.41, 5.74) is 4.39. The summed E-state index contributed by atoms with van der Waals surface area (Å²) < 4.78 is 1.02. The normalized spacial score (nSPS) is 14.1. The molecule has 3 aromatic rings. The number of aromatic nitrogens is 1. The molecule has 7 heteroatoms. The highest BCUT2D eigenvalue weighted by Crippen LogP contribution is 2.37. The Kier molecular flexibility index (Phi) is 5.19. The Bertz CT molecular complexity index is 1100. The molecule has 0 bridgehead atoms. The number of hydrogen-bond donors (Lipinski definition) is 2. The predicted octanol–water partition coefficient (Wildman–Crippen LogP) is 5.71. The number of benzene rings is 2. The van der Waals surface area contributed by atoms with Crippen molar-refractivity contribution in [2.45, 2.75) is 6.92 Å². The maximum Gasteiger partial charge on any atom is 0.139 e. The summed E-state index contributed by atoms with van der Waals surface area (Å²) in [5.74, 6) is 0.457. The van der Waals surface area contributed by atoms with Crippen LogP contribution in [0.15, 0.2) is 58.8 Å². The first-order chi connectivity index (χ1) is 13.8. The highest BCUT2D eigenvalue weighted by molar-refractivity contribution is 9.10. The van der Waals surface area contributed by atoms with Crippen LogP contribution in [0, 0.1) is 12.3 Å². The molecule has 4 rings (SSSR count). The smallest absolute Gasteiger partial charge is 0.139 e. The molecule has 1 aliphatic rings. The van der Waals surface area contributed by atoms with Crippen LogP contribution in [0.2, 0.25) is 0 Å². The molecule has 0 radical (unpaired) electrons. The van der Waals surface area contributed by atoms with E-state index in [-0.39, 0.29) is 18.1 Å². The van der Waals surface area contributed by atoms with Gasteiger partial charge in [0.1, 0.15) is 16.6 Å². The van der Waals surface area contributed by atoms with Gasteiger partial charge >= 0.3 is 0 Å². The fraction of sp³-hybridized carbons (Fsp3) is 0.182. The highest BCUT2D eigenvalue weighted by Gasteiger charge is 2.31. The topological polar surface area (TPSA) is 63.5 Å². The number of amidine groups is 1. The molecule has 2 N–H and O–H groups in total. The zero-order chi connectivity index (χ0) is 20.7. The minimum Gasteiger partial charge on any atom is -0.510 e. The number of nitrogens with zero attached hydrogens (tertiary/aromatic N) is 3. The Balaban J connectivity index is 1.64. The molecule has 2 heterocycles. The maximum atomic E-state index is 10.6. The van der Waals surface area contributed by atoms with Crippen LogP contribution >= 0.6 is 27.3 Å². The molecule has 148 valence electrons. The SMILES string of the molecule is Cc1sc(C2=C(O)CN(c3ccc(N(C)C)cc3)C2=N)nc1-c1ccc(Br)cc1. The Morgan fingerprint density at radius 1 is 1.10 bits per heavy atom. The number of hydrogen-bond acceptors (Lipinski definition) is 5. The van der Waals surface area contributed by atoms with Gasteiger partial charge in [-0.3, -0.25) is 5.41 Å². The molecule has 0 saturated heterocycles. The molecule has 0 spiro atoms. The lowest BCUT2D eigenvalue weighted by Crippen LogP contribution is -2.26. The van der Waals surface area contributed by atoms with Crippen LogP contribution in [-0.2, 0) is 0 Å². The van der Waals surface area contributed by atoms with Crippen molar-refractivity contribution < 1.29 is 5.11 Å². The van der Waals surface area contributed by atoms with Crippen molar-refractivity contribution in [2.24, 2.45) is 0 Å². The molecule has 0 atom stereocenters. The Labute approximate surface area is 182 Å². The van der Waals surface area contributed by atoms with E-state index < -0.39 is 0 Å². The Hall–Kier alpha value is -2.64. The number of anilines is 2. The second-order valence-corrected chi connectivity index (χ2v) is 9.22. The lowest BCUT2D eigenvalue weighted by molar-refractivity contribution is 0.411. The van der Waals surface area contributed by atoms with Gasteiger partial charge in [0.25, 0.3) is 0 Å². The molecule has 0 unspecified atom stereocenters. The summed E-state index contributed by atoms with van der Waals surface area (Å²) in [6, 6.07) is 16.0. The first-order valence-corrected chi connectivity index (χ1v) is 10.8. The van der Waals surface area contributed by atoms with E-state index in [0.717, 1.165) is 32.0 Å². The lowest BCUT2D eigenvalue weighted by atomic mass is 10.1. The second kappa shape index (κ2) is 7.65. The van der Waals surface area contributed by atoms with Gasteiger partial charge in [0.05, 0.1) is 17.8 Å². The molecule has 5 nitrogen and oxygen atoms in total. The number of rotatable bonds is 4. The number of aliphatic hydroxyl groups excluding tert-OH is 1. The average Bonchev–Trinajstić information content (AvgIpc) is 3.21. The maximum absolute atomic E-state index is 10.6. The molecular formula is C22H21BrN4OS. The van der Waals surface area contributed by atoms with Crippen LogP contribution in [0.1, 0.15) is 9.88 Å². The largest absolute Gasteiger partial charge is 0.510 e. The number of thiazole rings is 1. The molecule has 0 aliphatic carbocycles. The van der Waals surface area contributed by atoms with E-state index in [1.807, 2.05) is 74.4 Å². The standard InChI is InChI=1S/C22H21BrN4OS/c1-13-20(14-4-6-15(23)7-5-14)25-22(29-13)19-18(28)12-27(21(19)24)17-10-8-16(9-11-17)26(2)3/h4-11,24,28H,12H2,1-3H3. The van der Waals surface area contributed by atoms with Crippen molar-refractivity contribution in [3.05, 3.63) is 68.6 Å². The van der Waals surface area contributed by atoms with Crippen LogP contribution in [-0.4, -0.2) is 36.6 Å². The fourth-order valence-electron chi connectivity index (χ4n) is 3.33. The van der Waals surface area contributed by atoms with E-state index in [2.05, 4.69) is 15.9 Å². The van der Waals surface area contributed by atoms with Crippen LogP contribution in [0.25, 0.3) is 16.8 Å². The molecule has 0 fully saturated rings. The van der Waals surface area contributed by atoms with E-state index in [0.29, 0.717) is 10.6 Å². The summed E-state index contributed by atoms with van der Waals surface area (Å²) >= 11 is 4.96. The van der Waals surface area contributed by atoms with E-state index in [4.69, 9.17) is 10.4 Å². The first kappa shape index (κ1) is 19.7. The van der Waals surface area contributed by atoms with Crippen LogP contribution in [0.4, 0.5) is 11.4 Å². The zero-order valence-corrected chi connectivity index (χ0v) is 18.8. The molecule has 1 aliphatic heterocycles. The van der Waals surface area contributed by atoms with Crippen molar-refractivity contribution in [3.8, 4) is 11.3 Å². The Morgan fingerprint density at radius 3 is 2.38 bits per heavy atom. The van der Waals surface area contributed by atoms with Crippen LogP contribution in [0.5, 0.6) is 0 Å². The molecule has 2 aromatic carbocycles. The van der Waals surface area contributed by atoms with Crippen LogP contribution < -0.4 is 9.80 Å². The highest BCUT2D eigenvalue weighted by atomic mass is 79.9. The van der Waals surface area contributed by atoms with E-state index in [1.165, 1.54) is 11.3 Å². The number of nitrogens with one attached hydrogen (secondary N) is 1. The molecule has 1 aromatic heterocycles. The summed E-state index contributed by atoms with van der Waals surface area (Å²) in [6.45, 7) is 2.30. The van der Waals surface area contributed by atoms with Gasteiger partial charge in [-0.2, -0.15) is 0 Å². The monoisotopic (exact) mass is 468 g/mol. The van der Waals surface area contributed by atoms with Gasteiger partial charge in [0.2, 0.25) is 0 Å². The van der Waals surface area contributed by atoms with Crippen molar-refractivity contribution >= 4 is 50.1 Å². The van der Waals surface area contributed by atoms with Gasteiger partial charge in [0, 0.05) is 40.4 Å². The molecule has 0 saturated carbocycles. The van der Waals surface area contributed by atoms with Crippen LogP contribution in [0.3, 0.4) is 0 Å². The van der Waals surface area contributed by atoms with Crippen molar-refractivity contribution in [1.82, 2.24) is 4.98 Å². The van der Waals surface area contributed by atoms with Crippen molar-refractivity contribution in [2.75, 3.05) is 30.4 Å². The summed E-state index contributed by atoms with van der Waals surface area (Å²) in [5, 5.41) is 20.0. The van der Waals surface area contributed by atoms with Gasteiger partial charge in [0.15, 0.2) is 0 Å². The van der Waals surface area contributed by atoms with E-state index in [1.54, 1.807) is 4.90 Å². The minimum absolute atomic E-state index is 0.183. The van der Waals surface area contributed by atoms with Gasteiger partial charge in [-0.05, 0) is 43.3 Å². The average molecular weight is 469 g/mol. The van der Waals surface area contributed by atoms with Crippen molar-refractivity contribution in [3.63, 3.8) is 0 Å². The second-order valence-electron chi connectivity index (χ2n) is 7.10. The quantitative estimate of drug-likeness (QED) is 0.514. The summed E-state index contributed by atoms with van der Waals surface area (Å²) in [7, 11) is 3.98. The minimum atomic E-state index is 0.183. The predicted molar refractivity (Wildman–Crippen MR) is 125 cm³/mol. The molecule has 0 amide bonds. The lowest BCUT2D eigenvalue weighted by Gasteiger charge is -2.20. The number of halogens is 1. The third-order valence-corrected chi connectivity index (χ3v) is 6.43. The molecule has 29 heavy (non-hydrogen) atoms. The van der Waals surface area contributed by atoms with Crippen molar-refractivity contribution in [1.29, 1.82) is 5.41 Å². The van der Waals surface area contributed by atoms with Gasteiger partial charge in [-0.25, -0.2) is 4.98 Å². The van der Waals surface area contributed by atoms with Gasteiger partial charge in [-0.1, -0.05) is 28.1 Å². The Morgan fingerprint density at radius 2 is 1.76 bits per heavy atom. The molecular weight excluding hydrogens is 448 g/mol. The first-order valence-electron chi connectivity index (χ1n) is 9.15. The van der Waals surface area contributed by atoms with Gasteiger partial charge < -0.3 is 14.9 Å². The van der Waals surface area contributed by atoms with E-state index in [9.17, 15) is 5.11 Å². The fourth-order valence-corrected chi connectivity index (χ4v) is 4.60. The third kappa shape index (κ3) is 3.68. The summed E-state index contributed by atoms with van der Waals surface area (Å²) in [4.78, 5) is 9.66. The number of aryl methyl sites for hydroxylation is 1.